The first-order valence-corrected chi connectivity index (χ1v) is 12.7. The fraction of sp³-hybridized carbons (Fsp3) is 0.483. The average molecular weight is 528 g/mol. The van der Waals surface area contributed by atoms with Crippen LogP contribution in [0.15, 0.2) is 53.5 Å². The predicted molar refractivity (Wildman–Crippen MR) is 146 cm³/mol. The molecule has 38 heavy (non-hydrogen) atoms. The van der Waals surface area contributed by atoms with Crippen LogP contribution in [0, 0.1) is 12.3 Å². The lowest BCUT2D eigenvalue weighted by molar-refractivity contribution is -0.178. The molecule has 9 heteroatoms. The normalized spacial score (nSPS) is 13.7. The fourth-order valence-electron chi connectivity index (χ4n) is 3.08. The summed E-state index contributed by atoms with van der Waals surface area (Å²) in [5.74, 6) is -0.831. The predicted octanol–water partition coefficient (Wildman–Crippen LogP) is 4.03. The highest BCUT2D eigenvalue weighted by Gasteiger charge is 2.40. The van der Waals surface area contributed by atoms with Crippen LogP contribution in [0.5, 0.6) is 5.75 Å². The molecule has 0 saturated heterocycles. The fourth-order valence-corrected chi connectivity index (χ4v) is 3.08. The summed E-state index contributed by atoms with van der Waals surface area (Å²) in [6, 6.07) is 14.7. The molecule has 4 N–H and O–H groups in total. The van der Waals surface area contributed by atoms with Gasteiger partial charge in [0.15, 0.2) is 11.6 Å². The first-order valence-electron chi connectivity index (χ1n) is 12.7. The van der Waals surface area contributed by atoms with Crippen molar-refractivity contribution in [1.82, 2.24) is 0 Å². The Hall–Kier alpha value is -3.43. The van der Waals surface area contributed by atoms with E-state index in [1.807, 2.05) is 45.0 Å². The highest BCUT2D eigenvalue weighted by molar-refractivity contribution is 5.81. The second-order valence-electron chi connectivity index (χ2n) is 10.2. The van der Waals surface area contributed by atoms with Crippen LogP contribution in [0.2, 0.25) is 0 Å². The number of esters is 2. The zero-order valence-electron chi connectivity index (χ0n) is 23.3. The molecule has 2 atom stereocenters. The van der Waals surface area contributed by atoms with Crippen LogP contribution in [0.25, 0.3) is 0 Å². The van der Waals surface area contributed by atoms with Gasteiger partial charge in [0.2, 0.25) is 0 Å². The lowest BCUT2D eigenvalue weighted by atomic mass is 9.92. The van der Waals surface area contributed by atoms with Crippen molar-refractivity contribution in [1.29, 1.82) is 0 Å². The number of aliphatic imine (C=N–C) groups is 1. The maximum absolute atomic E-state index is 13.3. The molecule has 0 aliphatic rings. The van der Waals surface area contributed by atoms with Crippen molar-refractivity contribution in [3.8, 4) is 5.75 Å². The molecule has 0 fully saturated rings. The zero-order chi connectivity index (χ0) is 28.3. The van der Waals surface area contributed by atoms with E-state index in [0.29, 0.717) is 12.3 Å². The van der Waals surface area contributed by atoms with Gasteiger partial charge in [-0.1, -0.05) is 48.9 Å². The molecule has 2 rings (SSSR count). The van der Waals surface area contributed by atoms with Crippen molar-refractivity contribution < 1.29 is 28.5 Å². The Morgan fingerprint density at radius 3 is 2.11 bits per heavy atom. The van der Waals surface area contributed by atoms with Crippen LogP contribution in [0.1, 0.15) is 57.7 Å². The van der Waals surface area contributed by atoms with Gasteiger partial charge >= 0.3 is 11.9 Å². The first kappa shape index (κ1) is 30.8. The van der Waals surface area contributed by atoms with E-state index >= 15 is 0 Å². The van der Waals surface area contributed by atoms with Crippen molar-refractivity contribution in [2.75, 3.05) is 13.2 Å². The number of rotatable bonds is 14. The molecule has 0 saturated carbocycles. The molecule has 0 aromatic heterocycles. The smallest absolute Gasteiger partial charge is 0.337 e. The van der Waals surface area contributed by atoms with Crippen molar-refractivity contribution in [3.63, 3.8) is 0 Å². The number of nitrogens with two attached hydrogens (primary N) is 2. The van der Waals surface area contributed by atoms with Crippen molar-refractivity contribution in [3.05, 3.63) is 65.2 Å². The van der Waals surface area contributed by atoms with Gasteiger partial charge in [-0.2, -0.15) is 0 Å². The highest BCUT2D eigenvalue weighted by Crippen LogP contribution is 2.25. The number of hydrogen-bond donors (Lipinski definition) is 2. The van der Waals surface area contributed by atoms with Crippen molar-refractivity contribution in [2.24, 2.45) is 21.9 Å². The van der Waals surface area contributed by atoms with E-state index in [0.717, 1.165) is 23.1 Å². The molecule has 0 bridgehead atoms. The van der Waals surface area contributed by atoms with Crippen LogP contribution in [0.4, 0.5) is 0 Å². The highest BCUT2D eigenvalue weighted by atomic mass is 16.6. The second kappa shape index (κ2) is 13.9. The number of guanidine groups is 1. The average Bonchev–Trinajstić information content (AvgIpc) is 2.89. The van der Waals surface area contributed by atoms with Crippen LogP contribution in [-0.4, -0.2) is 42.8 Å². The third-order valence-electron chi connectivity index (χ3n) is 6.07. The van der Waals surface area contributed by atoms with Gasteiger partial charge in [0.25, 0.3) is 0 Å². The van der Waals surface area contributed by atoms with Gasteiger partial charge in [-0.15, -0.1) is 0 Å². The maximum atomic E-state index is 13.3. The number of hydrogen-bond acceptors (Lipinski definition) is 7. The van der Waals surface area contributed by atoms with Gasteiger partial charge in [-0.3, -0.25) is 4.79 Å². The zero-order valence-corrected chi connectivity index (χ0v) is 23.3. The van der Waals surface area contributed by atoms with E-state index < -0.39 is 23.0 Å². The van der Waals surface area contributed by atoms with Gasteiger partial charge in [-0.25, -0.2) is 9.79 Å². The molecule has 208 valence electrons. The lowest BCUT2D eigenvalue weighted by Crippen LogP contribution is -2.44. The Kier molecular flexibility index (Phi) is 11.3. The number of aryl methyl sites for hydroxylation is 1. The standard InChI is InChI=1S/C29H41N3O6/c1-7-21(3)35-18-29(6,26(34)38-24-14-12-22(13-15-24)16-32-27(30)31)19-36-25(33)28(4,5)37-17-23-10-8-20(2)9-11-23/h8-15,21H,7,16-19H2,1-6H3,(H4,30,31,32). The molecule has 2 aromatic rings. The SMILES string of the molecule is CCC(C)OCC(C)(COC(=O)C(C)(C)OCc1ccc(C)cc1)C(=O)Oc1ccc(CN=C(N)N)cc1. The molecule has 9 nitrogen and oxygen atoms in total. The van der Waals surface area contributed by atoms with Crippen LogP contribution in [-0.2, 0) is 37.0 Å². The Morgan fingerprint density at radius 1 is 0.921 bits per heavy atom. The van der Waals surface area contributed by atoms with Gasteiger partial charge in [-0.05, 0) is 64.3 Å². The molecule has 2 unspecified atom stereocenters. The van der Waals surface area contributed by atoms with E-state index in [-0.39, 0.29) is 31.9 Å². The molecule has 0 aliphatic carbocycles. The van der Waals surface area contributed by atoms with E-state index in [1.54, 1.807) is 45.0 Å². The van der Waals surface area contributed by atoms with E-state index in [9.17, 15) is 9.59 Å². The third kappa shape index (κ3) is 9.79. The minimum absolute atomic E-state index is 0.00384. The van der Waals surface area contributed by atoms with Crippen LogP contribution >= 0.6 is 0 Å². The van der Waals surface area contributed by atoms with E-state index in [2.05, 4.69) is 4.99 Å². The summed E-state index contributed by atoms with van der Waals surface area (Å²) in [5, 5.41) is 0. The number of benzene rings is 2. The quantitative estimate of drug-likeness (QED) is 0.163. The maximum Gasteiger partial charge on any atom is 0.337 e. The third-order valence-corrected chi connectivity index (χ3v) is 6.07. The van der Waals surface area contributed by atoms with Crippen molar-refractivity contribution in [2.45, 2.75) is 72.8 Å². The topological polar surface area (TPSA) is 135 Å². The second-order valence-corrected chi connectivity index (χ2v) is 10.2. The molecule has 0 aliphatic heterocycles. The van der Waals surface area contributed by atoms with Gasteiger partial charge in [0.1, 0.15) is 17.8 Å². The Labute approximate surface area is 225 Å². The van der Waals surface area contributed by atoms with E-state index in [4.69, 9.17) is 30.4 Å². The molecule has 2 aromatic carbocycles. The Morgan fingerprint density at radius 2 is 1.53 bits per heavy atom. The summed E-state index contributed by atoms with van der Waals surface area (Å²) in [7, 11) is 0. The summed E-state index contributed by atoms with van der Waals surface area (Å²) < 4.78 is 22.9. The van der Waals surface area contributed by atoms with E-state index in [1.165, 1.54) is 0 Å². The first-order chi connectivity index (χ1) is 17.8. The molecule has 0 heterocycles. The monoisotopic (exact) mass is 527 g/mol. The number of ether oxygens (including phenoxy) is 4. The summed E-state index contributed by atoms with van der Waals surface area (Å²) in [6.45, 7) is 11.2. The Bertz CT molecular complexity index is 1080. The number of nitrogens with zero attached hydrogens (tertiary/aromatic N) is 1. The summed E-state index contributed by atoms with van der Waals surface area (Å²) >= 11 is 0. The summed E-state index contributed by atoms with van der Waals surface area (Å²) in [6.07, 6.45) is 0.684. The number of carbonyl (C=O) groups excluding carboxylic acids is 2. The molecule has 0 radical (unpaired) electrons. The summed E-state index contributed by atoms with van der Waals surface area (Å²) in [4.78, 5) is 30.2. The minimum atomic E-state index is -1.25. The van der Waals surface area contributed by atoms with Crippen LogP contribution in [0.3, 0.4) is 0 Å². The van der Waals surface area contributed by atoms with Crippen molar-refractivity contribution >= 4 is 17.9 Å². The van der Waals surface area contributed by atoms with Gasteiger partial charge in [0.05, 0.1) is 25.9 Å². The Balaban J connectivity index is 2.06. The largest absolute Gasteiger partial charge is 0.462 e. The van der Waals surface area contributed by atoms with Gasteiger partial charge in [0, 0.05) is 0 Å². The molecular formula is C29H41N3O6. The minimum Gasteiger partial charge on any atom is -0.462 e. The molecule has 0 spiro atoms. The number of carbonyl (C=O) groups is 2. The molecule has 0 amide bonds. The lowest BCUT2D eigenvalue weighted by Gasteiger charge is -2.30. The van der Waals surface area contributed by atoms with Crippen LogP contribution < -0.4 is 16.2 Å². The summed E-state index contributed by atoms with van der Waals surface area (Å²) in [5.41, 5.74) is 11.2. The molecular weight excluding hydrogens is 486 g/mol. The van der Waals surface area contributed by atoms with Gasteiger partial charge < -0.3 is 30.4 Å².